The van der Waals surface area contributed by atoms with E-state index < -0.39 is 27.8 Å². The molecule has 0 bridgehead atoms. The first-order valence-corrected chi connectivity index (χ1v) is 12.3. The smallest absolute Gasteiger partial charge is 0.253 e. The highest BCUT2D eigenvalue weighted by molar-refractivity contribution is 7.91. The van der Waals surface area contributed by atoms with E-state index in [0.717, 1.165) is 22.8 Å². The van der Waals surface area contributed by atoms with E-state index >= 15 is 0 Å². The Labute approximate surface area is 193 Å². The van der Waals surface area contributed by atoms with Crippen LogP contribution in [0, 0.1) is 5.82 Å². The van der Waals surface area contributed by atoms with Crippen molar-refractivity contribution in [2.75, 3.05) is 25.5 Å². The highest BCUT2D eigenvalue weighted by atomic mass is 35.5. The molecule has 7 nitrogen and oxygen atoms in total. The zero-order valence-corrected chi connectivity index (χ0v) is 19.5. The first-order chi connectivity index (χ1) is 15.1. The molecule has 1 atom stereocenters. The third-order valence-electron chi connectivity index (χ3n) is 5.12. The lowest BCUT2D eigenvalue weighted by atomic mass is 10.1. The highest BCUT2D eigenvalue weighted by Gasteiger charge is 2.37. The van der Waals surface area contributed by atoms with Crippen molar-refractivity contribution >= 4 is 60.5 Å². The number of hydrogen-bond acceptors (Lipinski definition) is 5. The maximum absolute atomic E-state index is 14.7. The molecule has 168 valence electrons. The topological polar surface area (TPSA) is 86.8 Å². The van der Waals surface area contributed by atoms with Crippen LogP contribution in [0.25, 0.3) is 10.1 Å². The number of carbonyl (C=O) groups excluding carboxylic acids is 2. The first-order valence-electron chi connectivity index (χ1n) is 9.61. The van der Waals surface area contributed by atoms with Gasteiger partial charge in [-0.1, -0.05) is 17.7 Å². The van der Waals surface area contributed by atoms with E-state index in [-0.39, 0.29) is 34.3 Å². The molecule has 0 radical (unpaired) electrons. The second-order valence-electron chi connectivity index (χ2n) is 7.57. The Hall–Kier alpha value is -2.53. The number of thiophene rings is 1. The van der Waals surface area contributed by atoms with E-state index in [9.17, 15) is 22.4 Å². The summed E-state index contributed by atoms with van der Waals surface area (Å²) in [5, 5.41) is 1.23. The van der Waals surface area contributed by atoms with Crippen molar-refractivity contribution in [3.8, 4) is 0 Å². The molecular weight excluding hydrogens is 477 g/mol. The molecule has 1 N–H and O–H groups in total. The Balaban J connectivity index is 1.53. The van der Waals surface area contributed by atoms with Crippen LogP contribution in [0.1, 0.15) is 16.8 Å². The van der Waals surface area contributed by atoms with Crippen LogP contribution in [-0.2, 0) is 14.8 Å². The Morgan fingerprint density at radius 2 is 1.97 bits per heavy atom. The number of fused-ring (bicyclic) bond motifs is 1. The summed E-state index contributed by atoms with van der Waals surface area (Å²) in [6, 6.07) is 9.45. The summed E-state index contributed by atoms with van der Waals surface area (Å²) >= 11 is 7.02. The van der Waals surface area contributed by atoms with Crippen molar-refractivity contribution in [1.29, 1.82) is 0 Å². The standard InChI is InChI=1S/C21H19ClFN3O4S2/c1-25(2)20(27)13-4-6-17(15(23)9-13)26-8-7-16(21(26)28)24-32(29,30)19-10-12-3-5-14(22)11-18(12)31-19/h3-6,9-11,16,24H,7-8H2,1-2H3/t16-/m0/s1. The van der Waals surface area contributed by atoms with Crippen molar-refractivity contribution in [2.45, 2.75) is 16.7 Å². The summed E-state index contributed by atoms with van der Waals surface area (Å²) in [4.78, 5) is 27.4. The van der Waals surface area contributed by atoms with Crippen LogP contribution in [0.4, 0.5) is 10.1 Å². The van der Waals surface area contributed by atoms with Crippen LogP contribution in [0.15, 0.2) is 46.7 Å². The number of amides is 2. The molecule has 1 saturated heterocycles. The Kier molecular flexibility index (Phi) is 5.97. The number of nitrogens with zero attached hydrogens (tertiary/aromatic N) is 2. The molecule has 0 saturated carbocycles. The van der Waals surface area contributed by atoms with E-state index in [0.29, 0.717) is 9.72 Å². The van der Waals surface area contributed by atoms with Crippen molar-refractivity contribution in [3.05, 3.63) is 58.9 Å². The Bertz CT molecular complexity index is 1340. The van der Waals surface area contributed by atoms with Gasteiger partial charge < -0.3 is 9.80 Å². The second-order valence-corrected chi connectivity index (χ2v) is 11.0. The molecule has 0 aliphatic carbocycles. The number of sulfonamides is 1. The SMILES string of the molecule is CN(C)C(=O)c1ccc(N2CC[C@H](NS(=O)(=O)c3cc4ccc(Cl)cc4s3)C2=O)c(F)c1. The summed E-state index contributed by atoms with van der Waals surface area (Å²) in [6.45, 7) is 0.145. The molecule has 32 heavy (non-hydrogen) atoms. The normalized spacial score (nSPS) is 16.7. The number of anilines is 1. The van der Waals surface area contributed by atoms with Gasteiger partial charge in [-0.2, -0.15) is 4.72 Å². The molecule has 1 aromatic heterocycles. The summed E-state index contributed by atoms with van der Waals surface area (Å²) < 4.78 is 43.6. The molecule has 1 fully saturated rings. The highest BCUT2D eigenvalue weighted by Crippen LogP contribution is 2.32. The number of rotatable bonds is 5. The zero-order valence-electron chi connectivity index (χ0n) is 17.1. The minimum absolute atomic E-state index is 0.00325. The minimum Gasteiger partial charge on any atom is -0.345 e. The van der Waals surface area contributed by atoms with Crippen molar-refractivity contribution in [1.82, 2.24) is 9.62 Å². The third kappa shape index (κ3) is 4.23. The van der Waals surface area contributed by atoms with Gasteiger partial charge in [0, 0.05) is 35.9 Å². The predicted molar refractivity (Wildman–Crippen MR) is 122 cm³/mol. The minimum atomic E-state index is -3.96. The molecule has 11 heteroatoms. The molecule has 0 unspecified atom stereocenters. The van der Waals surface area contributed by atoms with Crippen molar-refractivity contribution < 1.29 is 22.4 Å². The van der Waals surface area contributed by atoms with Gasteiger partial charge in [-0.15, -0.1) is 11.3 Å². The van der Waals surface area contributed by atoms with E-state index in [1.165, 1.54) is 28.0 Å². The fourth-order valence-corrected chi connectivity index (χ4v) is 6.42. The zero-order chi connectivity index (χ0) is 23.2. The predicted octanol–water partition coefficient (Wildman–Crippen LogP) is 3.48. The van der Waals surface area contributed by atoms with E-state index in [1.54, 1.807) is 32.3 Å². The monoisotopic (exact) mass is 495 g/mol. The summed E-state index contributed by atoms with van der Waals surface area (Å²) in [6.07, 6.45) is 0.187. The lowest BCUT2D eigenvalue weighted by molar-refractivity contribution is -0.118. The average Bonchev–Trinajstić information content (AvgIpc) is 3.31. The van der Waals surface area contributed by atoms with Gasteiger partial charge in [-0.3, -0.25) is 9.59 Å². The van der Waals surface area contributed by atoms with Gasteiger partial charge >= 0.3 is 0 Å². The molecular formula is C21H19ClFN3O4S2. The lowest BCUT2D eigenvalue weighted by Gasteiger charge is -2.19. The van der Waals surface area contributed by atoms with Gasteiger partial charge in [-0.25, -0.2) is 12.8 Å². The van der Waals surface area contributed by atoms with Crippen LogP contribution in [0.5, 0.6) is 0 Å². The largest absolute Gasteiger partial charge is 0.345 e. The molecule has 2 heterocycles. The van der Waals surface area contributed by atoms with Gasteiger partial charge in [0.2, 0.25) is 5.91 Å². The molecule has 1 aliphatic heterocycles. The van der Waals surface area contributed by atoms with E-state index in [1.807, 2.05) is 0 Å². The number of hydrogen-bond donors (Lipinski definition) is 1. The molecule has 0 spiro atoms. The second kappa shape index (κ2) is 8.43. The van der Waals surface area contributed by atoms with Gasteiger partial charge in [0.15, 0.2) is 0 Å². The molecule has 4 rings (SSSR count). The first kappa shape index (κ1) is 22.7. The van der Waals surface area contributed by atoms with E-state index in [2.05, 4.69) is 4.72 Å². The lowest BCUT2D eigenvalue weighted by Crippen LogP contribution is -2.41. The van der Waals surface area contributed by atoms with Crippen LogP contribution in [-0.4, -0.2) is 51.8 Å². The quantitative estimate of drug-likeness (QED) is 0.587. The maximum Gasteiger partial charge on any atom is 0.253 e. The molecule has 2 amide bonds. The van der Waals surface area contributed by atoms with Gasteiger partial charge in [0.05, 0.1) is 5.69 Å². The number of nitrogens with one attached hydrogen (secondary N) is 1. The van der Waals surface area contributed by atoms with Crippen LogP contribution in [0.3, 0.4) is 0 Å². The number of halogens is 2. The van der Waals surface area contributed by atoms with Gasteiger partial charge in [0.1, 0.15) is 16.1 Å². The van der Waals surface area contributed by atoms with Gasteiger partial charge in [-0.05, 0) is 48.2 Å². The fraction of sp³-hybridized carbons (Fsp3) is 0.238. The summed E-state index contributed by atoms with van der Waals surface area (Å²) in [7, 11) is -0.849. The number of carbonyl (C=O) groups is 2. The van der Waals surface area contributed by atoms with E-state index in [4.69, 9.17) is 11.6 Å². The molecule has 1 aliphatic rings. The van der Waals surface area contributed by atoms with Crippen LogP contribution >= 0.6 is 22.9 Å². The van der Waals surface area contributed by atoms with Crippen LogP contribution in [0.2, 0.25) is 5.02 Å². The van der Waals surface area contributed by atoms with Crippen molar-refractivity contribution in [2.24, 2.45) is 0 Å². The maximum atomic E-state index is 14.7. The summed E-state index contributed by atoms with van der Waals surface area (Å²) in [5.74, 6) is -1.64. The van der Waals surface area contributed by atoms with Crippen LogP contribution < -0.4 is 9.62 Å². The third-order valence-corrected chi connectivity index (χ3v) is 8.40. The molecule has 2 aromatic carbocycles. The van der Waals surface area contributed by atoms with Crippen molar-refractivity contribution in [3.63, 3.8) is 0 Å². The fourth-order valence-electron chi connectivity index (χ4n) is 3.50. The number of benzene rings is 2. The average molecular weight is 496 g/mol. The van der Waals surface area contributed by atoms with Gasteiger partial charge in [0.25, 0.3) is 15.9 Å². The molecule has 3 aromatic rings. The Morgan fingerprint density at radius 3 is 2.66 bits per heavy atom. The Morgan fingerprint density at radius 1 is 1.22 bits per heavy atom. The summed E-state index contributed by atoms with van der Waals surface area (Å²) in [5.41, 5.74) is 0.161.